The van der Waals surface area contributed by atoms with Crippen molar-refractivity contribution < 1.29 is 18.0 Å². The molecule has 6 heteroatoms. The molecule has 0 fully saturated rings. The van der Waals surface area contributed by atoms with Crippen LogP contribution in [0.15, 0.2) is 60.8 Å². The van der Waals surface area contributed by atoms with E-state index in [0.29, 0.717) is 22.4 Å². The standard InChI is InChI=1S/C20H15F3N2O/c1-13-11-14(8-9-20(21,22)23)4-7-17(13)19(26)25-16-6-5-15-3-2-10-24-18(15)12-16/h2-12H,1H3,(H,25,26). The van der Waals surface area contributed by atoms with Crippen LogP contribution in [0, 0.1) is 6.92 Å². The number of carbonyl (C=O) groups excluding carboxylic acids is 1. The topological polar surface area (TPSA) is 42.0 Å². The number of hydrogen-bond donors (Lipinski definition) is 1. The van der Waals surface area contributed by atoms with Crippen molar-refractivity contribution in [3.63, 3.8) is 0 Å². The Kier molecular flexibility index (Phi) is 4.75. The smallest absolute Gasteiger partial charge is 0.322 e. The Labute approximate surface area is 148 Å². The van der Waals surface area contributed by atoms with Crippen molar-refractivity contribution in [2.45, 2.75) is 13.1 Å². The summed E-state index contributed by atoms with van der Waals surface area (Å²) in [6, 6.07) is 13.7. The number of hydrogen-bond acceptors (Lipinski definition) is 2. The lowest BCUT2D eigenvalue weighted by Gasteiger charge is -2.09. The van der Waals surface area contributed by atoms with Crippen LogP contribution >= 0.6 is 0 Å². The molecule has 26 heavy (non-hydrogen) atoms. The molecule has 0 unspecified atom stereocenters. The number of carbonyl (C=O) groups is 1. The van der Waals surface area contributed by atoms with Crippen LogP contribution in [0.25, 0.3) is 17.0 Å². The number of anilines is 1. The van der Waals surface area contributed by atoms with Gasteiger partial charge < -0.3 is 5.32 Å². The van der Waals surface area contributed by atoms with Crippen LogP contribution in [0.1, 0.15) is 21.5 Å². The number of aryl methyl sites for hydroxylation is 1. The highest BCUT2D eigenvalue weighted by Crippen LogP contribution is 2.21. The molecule has 1 N–H and O–H groups in total. The van der Waals surface area contributed by atoms with E-state index in [1.165, 1.54) is 12.1 Å². The van der Waals surface area contributed by atoms with Gasteiger partial charge >= 0.3 is 6.18 Å². The number of halogens is 3. The molecular weight excluding hydrogens is 341 g/mol. The van der Waals surface area contributed by atoms with Gasteiger partial charge in [-0.05, 0) is 42.3 Å². The quantitative estimate of drug-likeness (QED) is 0.685. The van der Waals surface area contributed by atoms with Gasteiger partial charge in [0, 0.05) is 28.9 Å². The maximum Gasteiger partial charge on any atom is 0.409 e. The van der Waals surface area contributed by atoms with Gasteiger partial charge in [0.15, 0.2) is 0 Å². The molecule has 1 heterocycles. The van der Waals surface area contributed by atoms with E-state index in [-0.39, 0.29) is 12.0 Å². The molecule has 0 aliphatic rings. The van der Waals surface area contributed by atoms with E-state index in [1.807, 2.05) is 18.2 Å². The Morgan fingerprint density at radius 1 is 1.12 bits per heavy atom. The van der Waals surface area contributed by atoms with Gasteiger partial charge in [0.25, 0.3) is 5.91 Å². The van der Waals surface area contributed by atoms with Crippen LogP contribution in [-0.4, -0.2) is 17.1 Å². The minimum atomic E-state index is -4.37. The summed E-state index contributed by atoms with van der Waals surface area (Å²) >= 11 is 0. The van der Waals surface area contributed by atoms with Crippen LogP contribution in [0.2, 0.25) is 0 Å². The molecular formula is C20H15F3N2O. The number of benzene rings is 2. The van der Waals surface area contributed by atoms with Crippen molar-refractivity contribution >= 4 is 28.6 Å². The number of fused-ring (bicyclic) bond motifs is 1. The predicted molar refractivity (Wildman–Crippen MR) is 96.0 cm³/mol. The predicted octanol–water partition coefficient (Wildman–Crippen LogP) is 5.37. The molecule has 132 valence electrons. The molecule has 0 aliphatic heterocycles. The first kappa shape index (κ1) is 17.7. The second-order valence-electron chi connectivity index (χ2n) is 5.81. The third kappa shape index (κ3) is 4.27. The highest BCUT2D eigenvalue weighted by atomic mass is 19.4. The highest BCUT2D eigenvalue weighted by molar-refractivity contribution is 6.06. The Morgan fingerprint density at radius 2 is 1.92 bits per heavy atom. The van der Waals surface area contributed by atoms with Crippen LogP contribution in [0.3, 0.4) is 0 Å². The molecule has 0 spiro atoms. The van der Waals surface area contributed by atoms with Crippen LogP contribution in [0.4, 0.5) is 18.9 Å². The summed E-state index contributed by atoms with van der Waals surface area (Å²) in [6.45, 7) is 1.68. The fourth-order valence-electron chi connectivity index (χ4n) is 2.58. The monoisotopic (exact) mass is 356 g/mol. The zero-order valence-electron chi connectivity index (χ0n) is 13.8. The van der Waals surface area contributed by atoms with E-state index in [0.717, 1.165) is 17.0 Å². The number of alkyl halides is 3. The third-order valence-corrected chi connectivity index (χ3v) is 3.82. The average molecular weight is 356 g/mol. The molecule has 1 aromatic heterocycles. The molecule has 0 aliphatic carbocycles. The van der Waals surface area contributed by atoms with Gasteiger partial charge in [-0.15, -0.1) is 0 Å². The van der Waals surface area contributed by atoms with E-state index in [4.69, 9.17) is 0 Å². The van der Waals surface area contributed by atoms with Crippen molar-refractivity contribution in [2.75, 3.05) is 5.32 Å². The molecule has 0 saturated carbocycles. The number of allylic oxidation sites excluding steroid dienone is 1. The summed E-state index contributed by atoms with van der Waals surface area (Å²) in [5.41, 5.74) is 2.73. The summed E-state index contributed by atoms with van der Waals surface area (Å²) in [6.07, 6.45) is -1.55. The Bertz CT molecular complexity index is 994. The number of pyridine rings is 1. The van der Waals surface area contributed by atoms with E-state index in [2.05, 4.69) is 10.3 Å². The molecule has 0 radical (unpaired) electrons. The lowest BCUT2D eigenvalue weighted by atomic mass is 10.0. The second-order valence-corrected chi connectivity index (χ2v) is 5.81. The molecule has 3 nitrogen and oxygen atoms in total. The van der Waals surface area contributed by atoms with Crippen LogP contribution in [0.5, 0.6) is 0 Å². The first-order chi connectivity index (χ1) is 12.3. The molecule has 3 rings (SSSR count). The van der Waals surface area contributed by atoms with Gasteiger partial charge in [-0.25, -0.2) is 0 Å². The number of nitrogens with zero attached hydrogens (tertiary/aromatic N) is 1. The Morgan fingerprint density at radius 3 is 2.65 bits per heavy atom. The SMILES string of the molecule is Cc1cc(C=CC(F)(F)F)ccc1C(=O)Nc1ccc2cccnc2c1. The Balaban J connectivity index is 1.79. The fraction of sp³-hybridized carbons (Fsp3) is 0.100. The molecule has 3 aromatic rings. The molecule has 2 aromatic carbocycles. The summed E-state index contributed by atoms with van der Waals surface area (Å²) < 4.78 is 36.7. The maximum absolute atomic E-state index is 12.5. The van der Waals surface area contributed by atoms with E-state index >= 15 is 0 Å². The van der Waals surface area contributed by atoms with Gasteiger partial charge in [0.2, 0.25) is 0 Å². The normalized spacial score (nSPS) is 11.8. The third-order valence-electron chi connectivity index (χ3n) is 3.82. The van der Waals surface area contributed by atoms with Crippen molar-refractivity contribution in [1.82, 2.24) is 4.98 Å². The molecule has 0 bridgehead atoms. The van der Waals surface area contributed by atoms with Gasteiger partial charge in [0.1, 0.15) is 0 Å². The second kappa shape index (κ2) is 7.00. The largest absolute Gasteiger partial charge is 0.409 e. The number of aromatic nitrogens is 1. The fourth-order valence-corrected chi connectivity index (χ4v) is 2.58. The van der Waals surface area contributed by atoms with Gasteiger partial charge in [-0.3, -0.25) is 9.78 Å². The lowest BCUT2D eigenvalue weighted by molar-refractivity contribution is -0.0790. The van der Waals surface area contributed by atoms with E-state index < -0.39 is 6.18 Å². The van der Waals surface area contributed by atoms with Crippen LogP contribution < -0.4 is 5.32 Å². The Hall–Kier alpha value is -3.15. The molecule has 0 saturated heterocycles. The summed E-state index contributed by atoms with van der Waals surface area (Å²) in [5.74, 6) is -0.330. The van der Waals surface area contributed by atoms with Gasteiger partial charge in [0.05, 0.1) is 5.52 Å². The minimum Gasteiger partial charge on any atom is -0.322 e. The summed E-state index contributed by atoms with van der Waals surface area (Å²) in [4.78, 5) is 16.7. The van der Waals surface area contributed by atoms with Crippen molar-refractivity contribution in [3.8, 4) is 0 Å². The van der Waals surface area contributed by atoms with E-state index in [1.54, 1.807) is 31.3 Å². The molecule has 1 amide bonds. The average Bonchev–Trinajstić information content (AvgIpc) is 2.59. The van der Waals surface area contributed by atoms with Crippen LogP contribution in [-0.2, 0) is 0 Å². The van der Waals surface area contributed by atoms with Crippen molar-refractivity contribution in [2.24, 2.45) is 0 Å². The molecule has 0 atom stereocenters. The number of rotatable bonds is 3. The summed E-state index contributed by atoms with van der Waals surface area (Å²) in [5, 5.41) is 3.75. The van der Waals surface area contributed by atoms with Gasteiger partial charge in [-0.2, -0.15) is 13.2 Å². The lowest BCUT2D eigenvalue weighted by Crippen LogP contribution is -2.13. The first-order valence-electron chi connectivity index (χ1n) is 7.84. The zero-order valence-corrected chi connectivity index (χ0v) is 13.8. The summed E-state index contributed by atoms with van der Waals surface area (Å²) in [7, 11) is 0. The number of nitrogens with one attached hydrogen (secondary N) is 1. The van der Waals surface area contributed by atoms with Crippen molar-refractivity contribution in [1.29, 1.82) is 0 Å². The maximum atomic E-state index is 12.5. The van der Waals surface area contributed by atoms with E-state index in [9.17, 15) is 18.0 Å². The van der Waals surface area contributed by atoms with Crippen molar-refractivity contribution in [3.05, 3.63) is 77.5 Å². The van der Waals surface area contributed by atoms with Gasteiger partial charge in [-0.1, -0.05) is 30.3 Å². The minimum absolute atomic E-state index is 0.170. The highest BCUT2D eigenvalue weighted by Gasteiger charge is 2.21. The first-order valence-corrected chi connectivity index (χ1v) is 7.84. The zero-order chi connectivity index (χ0) is 18.7. The number of amides is 1.